The van der Waals surface area contributed by atoms with E-state index in [9.17, 15) is 10.1 Å². The molecule has 1 aromatic heterocycles. The summed E-state index contributed by atoms with van der Waals surface area (Å²) in [6.07, 6.45) is 1.45. The van der Waals surface area contributed by atoms with Gasteiger partial charge < -0.3 is 10.2 Å². The molecule has 3 rings (SSSR count). The summed E-state index contributed by atoms with van der Waals surface area (Å²) >= 11 is 0. The van der Waals surface area contributed by atoms with Crippen molar-refractivity contribution in [3.63, 3.8) is 0 Å². The zero-order valence-corrected chi connectivity index (χ0v) is 13.1. The predicted octanol–water partition coefficient (Wildman–Crippen LogP) is 3.59. The fourth-order valence-electron chi connectivity index (χ4n) is 2.14. The molecule has 0 spiro atoms. The highest BCUT2D eigenvalue weighted by Crippen LogP contribution is 2.24. The van der Waals surface area contributed by atoms with Gasteiger partial charge in [0.25, 0.3) is 5.69 Å². The van der Waals surface area contributed by atoms with Crippen LogP contribution in [0.4, 0.5) is 5.69 Å². The van der Waals surface area contributed by atoms with Gasteiger partial charge in [-0.25, -0.2) is 0 Å². The van der Waals surface area contributed by atoms with Gasteiger partial charge >= 0.3 is 0 Å². The van der Waals surface area contributed by atoms with Gasteiger partial charge in [0.1, 0.15) is 11.5 Å². The van der Waals surface area contributed by atoms with Crippen molar-refractivity contribution in [1.29, 1.82) is 0 Å². The Kier molecular flexibility index (Phi) is 4.66. The van der Waals surface area contributed by atoms with Gasteiger partial charge in [0.15, 0.2) is 5.84 Å². The number of nitrogens with two attached hydrogens (primary N) is 1. The minimum absolute atomic E-state index is 0.0304. The van der Waals surface area contributed by atoms with Crippen LogP contribution in [0.1, 0.15) is 11.3 Å². The Balaban J connectivity index is 1.72. The molecule has 0 aliphatic heterocycles. The lowest BCUT2D eigenvalue weighted by Gasteiger charge is -1.96. The summed E-state index contributed by atoms with van der Waals surface area (Å²) in [6.45, 7) is 0. The van der Waals surface area contributed by atoms with E-state index in [1.54, 1.807) is 24.3 Å². The van der Waals surface area contributed by atoms with E-state index in [4.69, 9.17) is 10.2 Å². The number of amidine groups is 1. The van der Waals surface area contributed by atoms with E-state index in [1.807, 2.05) is 30.3 Å². The topological polar surface area (TPSA) is 107 Å². The van der Waals surface area contributed by atoms with Crippen molar-refractivity contribution in [2.75, 3.05) is 0 Å². The van der Waals surface area contributed by atoms with Crippen LogP contribution in [0.2, 0.25) is 0 Å². The smallest absolute Gasteiger partial charge is 0.269 e. The van der Waals surface area contributed by atoms with Gasteiger partial charge in [-0.2, -0.15) is 5.10 Å². The number of non-ortho nitro benzene ring substituents is 1. The summed E-state index contributed by atoms with van der Waals surface area (Å²) in [5, 5.41) is 18.5. The molecule has 0 aliphatic rings. The summed E-state index contributed by atoms with van der Waals surface area (Å²) in [7, 11) is 0. The number of hydrogen-bond donors (Lipinski definition) is 1. The fraction of sp³-hybridized carbons (Fsp3) is 0. The van der Waals surface area contributed by atoms with Crippen molar-refractivity contribution in [2.24, 2.45) is 15.9 Å². The lowest BCUT2D eigenvalue weighted by atomic mass is 10.1. The van der Waals surface area contributed by atoms with E-state index in [2.05, 4.69) is 10.2 Å². The van der Waals surface area contributed by atoms with Gasteiger partial charge in [-0.3, -0.25) is 10.1 Å². The number of hydrogen-bond acceptors (Lipinski definition) is 5. The molecule has 0 saturated carbocycles. The normalized spacial score (nSPS) is 11.8. The lowest BCUT2D eigenvalue weighted by Crippen LogP contribution is -2.12. The second-order valence-electron chi connectivity index (χ2n) is 5.10. The molecule has 0 atom stereocenters. The molecular weight excluding hydrogens is 320 g/mol. The van der Waals surface area contributed by atoms with Crippen molar-refractivity contribution < 1.29 is 9.34 Å². The van der Waals surface area contributed by atoms with Crippen LogP contribution < -0.4 is 5.73 Å². The number of nitro groups is 1. The van der Waals surface area contributed by atoms with Crippen molar-refractivity contribution in [1.82, 2.24) is 0 Å². The van der Waals surface area contributed by atoms with Crippen LogP contribution in [-0.2, 0) is 0 Å². The maximum absolute atomic E-state index is 10.7. The summed E-state index contributed by atoms with van der Waals surface area (Å²) in [4.78, 5) is 10.2. The maximum atomic E-state index is 10.7. The van der Waals surface area contributed by atoms with E-state index in [0.717, 1.165) is 11.1 Å². The molecule has 2 N–H and O–H groups in total. The summed E-state index contributed by atoms with van der Waals surface area (Å²) < 4.78 is 5.63. The number of furan rings is 1. The lowest BCUT2D eigenvalue weighted by molar-refractivity contribution is -0.384. The van der Waals surface area contributed by atoms with Crippen LogP contribution in [-0.4, -0.2) is 17.0 Å². The first-order valence-electron chi connectivity index (χ1n) is 7.40. The predicted molar refractivity (Wildman–Crippen MR) is 95.6 cm³/mol. The monoisotopic (exact) mass is 334 g/mol. The second kappa shape index (κ2) is 7.22. The molecule has 2 aromatic carbocycles. The van der Waals surface area contributed by atoms with Crippen LogP contribution in [0.5, 0.6) is 0 Å². The Morgan fingerprint density at radius 3 is 2.44 bits per heavy atom. The zero-order chi connectivity index (χ0) is 17.6. The minimum atomic E-state index is -0.445. The van der Waals surface area contributed by atoms with Crippen LogP contribution in [0.25, 0.3) is 11.3 Å². The van der Waals surface area contributed by atoms with E-state index in [-0.39, 0.29) is 5.69 Å². The van der Waals surface area contributed by atoms with Crippen molar-refractivity contribution >= 4 is 17.7 Å². The SMILES string of the molecule is NC(=NN=Cc1ccc(-c2ccc([N+](=O)[O-])cc2)o1)c1ccccc1. The van der Waals surface area contributed by atoms with E-state index >= 15 is 0 Å². The van der Waals surface area contributed by atoms with E-state index in [1.165, 1.54) is 18.3 Å². The first-order chi connectivity index (χ1) is 12.1. The fourth-order valence-corrected chi connectivity index (χ4v) is 2.14. The molecule has 0 aliphatic carbocycles. The summed E-state index contributed by atoms with van der Waals surface area (Å²) in [5.74, 6) is 1.38. The van der Waals surface area contributed by atoms with Crippen molar-refractivity contribution in [3.8, 4) is 11.3 Å². The number of benzene rings is 2. The molecule has 7 heteroatoms. The average molecular weight is 334 g/mol. The molecule has 7 nitrogen and oxygen atoms in total. The number of nitrogens with zero attached hydrogens (tertiary/aromatic N) is 3. The molecule has 0 bridgehead atoms. The maximum Gasteiger partial charge on any atom is 0.269 e. The Morgan fingerprint density at radius 2 is 1.76 bits per heavy atom. The van der Waals surface area contributed by atoms with Gasteiger partial charge in [-0.1, -0.05) is 30.3 Å². The van der Waals surface area contributed by atoms with Crippen molar-refractivity contribution in [3.05, 3.63) is 88.2 Å². The van der Waals surface area contributed by atoms with E-state index in [0.29, 0.717) is 17.4 Å². The Labute approximate surface area is 143 Å². The standard InChI is InChI=1S/C18H14N4O3/c19-18(14-4-2-1-3-5-14)21-20-12-16-10-11-17(25-16)13-6-8-15(9-7-13)22(23)24/h1-12H,(H2,19,21). The third kappa shape index (κ3) is 3.97. The largest absolute Gasteiger partial charge is 0.455 e. The molecule has 25 heavy (non-hydrogen) atoms. The van der Waals surface area contributed by atoms with Crippen molar-refractivity contribution in [2.45, 2.75) is 0 Å². The highest BCUT2D eigenvalue weighted by atomic mass is 16.6. The molecule has 0 fully saturated rings. The molecule has 3 aromatic rings. The van der Waals surface area contributed by atoms with E-state index < -0.39 is 4.92 Å². The number of nitro benzene ring substituents is 1. The summed E-state index contributed by atoms with van der Waals surface area (Å²) in [6, 6.07) is 18.9. The zero-order valence-electron chi connectivity index (χ0n) is 13.1. The van der Waals surface area contributed by atoms with Gasteiger partial charge in [0.2, 0.25) is 0 Å². The van der Waals surface area contributed by atoms with Gasteiger partial charge in [-0.15, -0.1) is 5.10 Å². The van der Waals surface area contributed by atoms with Crippen LogP contribution >= 0.6 is 0 Å². The molecule has 0 unspecified atom stereocenters. The van der Waals surface area contributed by atoms with Crippen LogP contribution in [0, 0.1) is 10.1 Å². The molecule has 1 heterocycles. The molecule has 0 amide bonds. The second-order valence-corrected chi connectivity index (χ2v) is 5.10. The Bertz CT molecular complexity index is 928. The third-order valence-corrected chi connectivity index (χ3v) is 3.41. The van der Waals surface area contributed by atoms with Gasteiger partial charge in [0, 0.05) is 23.3 Å². The first-order valence-corrected chi connectivity index (χ1v) is 7.40. The molecule has 0 radical (unpaired) electrons. The highest BCUT2D eigenvalue weighted by Gasteiger charge is 2.07. The quantitative estimate of drug-likeness (QED) is 0.333. The first kappa shape index (κ1) is 16.1. The number of rotatable bonds is 5. The van der Waals surface area contributed by atoms with Crippen LogP contribution in [0.3, 0.4) is 0 Å². The molecular formula is C18H14N4O3. The van der Waals surface area contributed by atoms with Crippen LogP contribution in [0.15, 0.2) is 81.4 Å². The summed E-state index contributed by atoms with van der Waals surface area (Å²) in [5.41, 5.74) is 7.39. The Morgan fingerprint density at radius 1 is 1.04 bits per heavy atom. The average Bonchev–Trinajstić information content (AvgIpc) is 3.11. The van der Waals surface area contributed by atoms with Gasteiger partial charge in [0.05, 0.1) is 11.1 Å². The minimum Gasteiger partial charge on any atom is -0.455 e. The third-order valence-electron chi connectivity index (χ3n) is 3.41. The molecule has 0 saturated heterocycles. The molecule has 124 valence electrons. The Hall–Kier alpha value is -3.74. The highest BCUT2D eigenvalue weighted by molar-refractivity contribution is 5.97. The van der Waals surface area contributed by atoms with Gasteiger partial charge in [-0.05, 0) is 24.3 Å².